The predicted molar refractivity (Wildman–Crippen MR) is 102 cm³/mol. The van der Waals surface area contributed by atoms with Gasteiger partial charge in [0.2, 0.25) is 0 Å². The fraction of sp³-hybridized carbons (Fsp3) is 0.667. The Morgan fingerprint density at radius 3 is 1.92 bits per heavy atom. The molecule has 0 unspecified atom stereocenters. The average molecular weight is 350 g/mol. The Bertz CT molecular complexity index is 485. The molecule has 0 atom stereocenters. The van der Waals surface area contributed by atoms with Crippen molar-refractivity contribution in [3.05, 3.63) is 23.8 Å². The zero-order valence-electron chi connectivity index (χ0n) is 15.6. The molecule has 0 spiro atoms. The lowest BCUT2D eigenvalue weighted by molar-refractivity contribution is 0.0688. The van der Waals surface area contributed by atoms with Crippen molar-refractivity contribution in [2.45, 2.75) is 84.0 Å². The van der Waals surface area contributed by atoms with Crippen molar-refractivity contribution in [2.24, 2.45) is 0 Å². The molecule has 0 saturated heterocycles. The standard InChI is InChI=1S/C21H34O4/c1-2-3-4-5-6-7-8-9-10-11-12-13-17-25-19-16-14-15-18(22)20(19)21(23)24/h14-16,22H,2-13,17H2,1H3,(H,23,24). The van der Waals surface area contributed by atoms with E-state index in [1.807, 2.05) is 0 Å². The van der Waals surface area contributed by atoms with E-state index in [2.05, 4.69) is 6.92 Å². The second-order valence-corrected chi connectivity index (χ2v) is 6.69. The van der Waals surface area contributed by atoms with E-state index < -0.39 is 5.97 Å². The van der Waals surface area contributed by atoms with Gasteiger partial charge in [0, 0.05) is 0 Å². The summed E-state index contributed by atoms with van der Waals surface area (Å²) in [6, 6.07) is 4.54. The van der Waals surface area contributed by atoms with E-state index in [4.69, 9.17) is 9.84 Å². The summed E-state index contributed by atoms with van der Waals surface area (Å²) in [4.78, 5) is 11.1. The molecule has 0 saturated carbocycles. The van der Waals surface area contributed by atoms with Gasteiger partial charge < -0.3 is 14.9 Å². The Kier molecular flexibility index (Phi) is 11.6. The van der Waals surface area contributed by atoms with Gasteiger partial charge in [0.1, 0.15) is 17.1 Å². The molecule has 2 N–H and O–H groups in total. The number of hydrogen-bond acceptors (Lipinski definition) is 3. The third kappa shape index (κ3) is 9.37. The predicted octanol–water partition coefficient (Wildman–Crippen LogP) is 6.17. The summed E-state index contributed by atoms with van der Waals surface area (Å²) in [5.74, 6) is -1.17. The Morgan fingerprint density at radius 1 is 0.880 bits per heavy atom. The van der Waals surface area contributed by atoms with Crippen molar-refractivity contribution >= 4 is 5.97 Å². The van der Waals surface area contributed by atoms with Crippen LogP contribution in [0.2, 0.25) is 0 Å². The van der Waals surface area contributed by atoms with Crippen LogP contribution in [0.1, 0.15) is 94.3 Å². The zero-order chi connectivity index (χ0) is 18.3. The number of hydrogen-bond donors (Lipinski definition) is 2. The lowest BCUT2D eigenvalue weighted by atomic mass is 10.1. The van der Waals surface area contributed by atoms with E-state index in [0.717, 1.165) is 12.8 Å². The molecule has 4 heteroatoms. The van der Waals surface area contributed by atoms with E-state index in [1.54, 1.807) is 12.1 Å². The van der Waals surface area contributed by atoms with E-state index in [1.165, 1.54) is 70.3 Å². The number of carboxylic acids is 1. The Morgan fingerprint density at radius 2 is 1.40 bits per heavy atom. The number of unbranched alkanes of at least 4 members (excludes halogenated alkanes) is 11. The highest BCUT2D eigenvalue weighted by Crippen LogP contribution is 2.27. The van der Waals surface area contributed by atoms with E-state index in [0.29, 0.717) is 6.61 Å². The third-order valence-electron chi connectivity index (χ3n) is 4.47. The normalized spacial score (nSPS) is 10.8. The minimum Gasteiger partial charge on any atom is -0.507 e. The zero-order valence-corrected chi connectivity index (χ0v) is 15.6. The molecule has 0 amide bonds. The summed E-state index contributed by atoms with van der Waals surface area (Å²) in [5, 5.41) is 18.7. The fourth-order valence-electron chi connectivity index (χ4n) is 2.98. The molecule has 1 rings (SSSR count). The van der Waals surface area contributed by atoms with Crippen LogP contribution in [0.25, 0.3) is 0 Å². The second kappa shape index (κ2) is 13.6. The number of ether oxygens (including phenoxy) is 1. The van der Waals surface area contributed by atoms with E-state index >= 15 is 0 Å². The van der Waals surface area contributed by atoms with Gasteiger partial charge in [-0.1, -0.05) is 83.6 Å². The summed E-state index contributed by atoms with van der Waals surface area (Å²) in [5.41, 5.74) is -0.151. The molecular formula is C21H34O4. The number of aromatic carboxylic acids is 1. The van der Waals surface area contributed by atoms with Gasteiger partial charge in [-0.05, 0) is 18.6 Å². The topological polar surface area (TPSA) is 66.8 Å². The lowest BCUT2D eigenvalue weighted by Gasteiger charge is -2.10. The van der Waals surface area contributed by atoms with E-state index in [-0.39, 0.29) is 17.1 Å². The molecule has 0 bridgehead atoms. The van der Waals surface area contributed by atoms with Gasteiger partial charge >= 0.3 is 5.97 Å². The van der Waals surface area contributed by atoms with Crippen LogP contribution in [0.15, 0.2) is 18.2 Å². The van der Waals surface area contributed by atoms with Crippen LogP contribution in [0, 0.1) is 0 Å². The number of carboxylic acid groups (broad SMARTS) is 1. The van der Waals surface area contributed by atoms with Crippen molar-refractivity contribution in [1.82, 2.24) is 0 Å². The first-order valence-corrected chi connectivity index (χ1v) is 9.85. The van der Waals surface area contributed by atoms with Gasteiger partial charge in [-0.15, -0.1) is 0 Å². The maximum Gasteiger partial charge on any atom is 0.343 e. The van der Waals surface area contributed by atoms with Crippen molar-refractivity contribution in [3.63, 3.8) is 0 Å². The number of phenols is 1. The Labute approximate surface area is 152 Å². The van der Waals surface area contributed by atoms with Crippen LogP contribution in [0.4, 0.5) is 0 Å². The van der Waals surface area contributed by atoms with Crippen LogP contribution >= 0.6 is 0 Å². The molecule has 4 nitrogen and oxygen atoms in total. The smallest absolute Gasteiger partial charge is 0.343 e. The van der Waals surface area contributed by atoms with Gasteiger partial charge in [0.05, 0.1) is 6.61 Å². The number of aromatic hydroxyl groups is 1. The third-order valence-corrected chi connectivity index (χ3v) is 4.47. The largest absolute Gasteiger partial charge is 0.507 e. The molecule has 1 aromatic carbocycles. The summed E-state index contributed by atoms with van der Waals surface area (Å²) in [6.45, 7) is 2.74. The van der Waals surface area contributed by atoms with Crippen molar-refractivity contribution in [1.29, 1.82) is 0 Å². The minimum atomic E-state index is -1.16. The summed E-state index contributed by atoms with van der Waals surface area (Å²) in [6.07, 6.45) is 15.3. The highest BCUT2D eigenvalue weighted by molar-refractivity contribution is 5.93. The summed E-state index contributed by atoms with van der Waals surface area (Å²) >= 11 is 0. The van der Waals surface area contributed by atoms with Crippen LogP contribution in [0.5, 0.6) is 11.5 Å². The Balaban J connectivity index is 2.01. The molecule has 1 aromatic rings. The van der Waals surface area contributed by atoms with Gasteiger partial charge in [0.25, 0.3) is 0 Å². The molecule has 25 heavy (non-hydrogen) atoms. The second-order valence-electron chi connectivity index (χ2n) is 6.69. The fourth-order valence-corrected chi connectivity index (χ4v) is 2.98. The average Bonchev–Trinajstić information content (AvgIpc) is 2.58. The summed E-state index contributed by atoms with van der Waals surface area (Å²) in [7, 11) is 0. The Hall–Kier alpha value is -1.71. The molecular weight excluding hydrogens is 316 g/mol. The first kappa shape index (κ1) is 21.3. The number of rotatable bonds is 15. The van der Waals surface area contributed by atoms with E-state index in [9.17, 15) is 9.90 Å². The minimum absolute atomic E-state index is 0.151. The summed E-state index contributed by atoms with van der Waals surface area (Å²) < 4.78 is 5.53. The molecule has 142 valence electrons. The van der Waals surface area contributed by atoms with Crippen LogP contribution in [-0.2, 0) is 0 Å². The van der Waals surface area contributed by atoms with Crippen LogP contribution < -0.4 is 4.74 Å². The molecule has 0 aromatic heterocycles. The van der Waals surface area contributed by atoms with Crippen molar-refractivity contribution < 1.29 is 19.7 Å². The van der Waals surface area contributed by atoms with Gasteiger partial charge in [-0.25, -0.2) is 4.79 Å². The van der Waals surface area contributed by atoms with Gasteiger partial charge in [-0.3, -0.25) is 0 Å². The quantitative estimate of drug-likeness (QED) is 0.371. The molecule has 0 aliphatic carbocycles. The van der Waals surface area contributed by atoms with Crippen LogP contribution in [0.3, 0.4) is 0 Å². The molecule has 0 fully saturated rings. The lowest BCUT2D eigenvalue weighted by Crippen LogP contribution is -2.04. The molecule has 0 heterocycles. The maximum atomic E-state index is 11.1. The maximum absolute atomic E-state index is 11.1. The SMILES string of the molecule is CCCCCCCCCCCCCCOc1cccc(O)c1C(=O)O. The highest BCUT2D eigenvalue weighted by atomic mass is 16.5. The van der Waals surface area contributed by atoms with Gasteiger partial charge in [0.15, 0.2) is 0 Å². The molecule has 0 radical (unpaired) electrons. The van der Waals surface area contributed by atoms with Crippen molar-refractivity contribution in [3.8, 4) is 11.5 Å². The van der Waals surface area contributed by atoms with Crippen molar-refractivity contribution in [2.75, 3.05) is 6.61 Å². The molecule has 0 aliphatic rings. The number of benzene rings is 1. The first-order valence-electron chi connectivity index (χ1n) is 9.85. The number of carbonyl (C=O) groups is 1. The monoisotopic (exact) mass is 350 g/mol. The highest BCUT2D eigenvalue weighted by Gasteiger charge is 2.15. The molecule has 0 aliphatic heterocycles. The van der Waals surface area contributed by atoms with Gasteiger partial charge in [-0.2, -0.15) is 0 Å². The first-order chi connectivity index (χ1) is 12.2. The van der Waals surface area contributed by atoms with Crippen LogP contribution in [-0.4, -0.2) is 22.8 Å².